The highest BCUT2D eigenvalue weighted by Crippen LogP contribution is 1.71. The van der Waals surface area contributed by atoms with E-state index in [4.69, 9.17) is 10.2 Å². The molecular weight excluding hydrogens is 228 g/mol. The van der Waals surface area contributed by atoms with Gasteiger partial charge in [0.25, 0.3) is 5.91 Å². The van der Waals surface area contributed by atoms with Gasteiger partial charge in [-0.05, 0) is 13.0 Å². The highest BCUT2D eigenvalue weighted by molar-refractivity contribution is 5.89. The summed E-state index contributed by atoms with van der Waals surface area (Å²) in [6.45, 7) is 1.80. The third kappa shape index (κ3) is 20.0. The Morgan fingerprint density at radius 2 is 1.41 bits per heavy atom. The van der Waals surface area contributed by atoms with Crippen molar-refractivity contribution < 1.29 is 24.6 Å². The van der Waals surface area contributed by atoms with Gasteiger partial charge in [0.05, 0.1) is 0 Å². The van der Waals surface area contributed by atoms with Crippen molar-refractivity contribution in [1.82, 2.24) is 10.4 Å². The predicted molar refractivity (Wildman–Crippen MR) is 61.1 cm³/mol. The number of amides is 1. The van der Waals surface area contributed by atoms with Crippen molar-refractivity contribution in [2.45, 2.75) is 6.92 Å². The lowest BCUT2D eigenvalue weighted by atomic mass is 10.5. The van der Waals surface area contributed by atoms with Crippen molar-refractivity contribution in [3.05, 3.63) is 24.3 Å². The number of carbonyl (C=O) groups is 3. The third-order valence-corrected chi connectivity index (χ3v) is 1.02. The van der Waals surface area contributed by atoms with Crippen LogP contribution in [0, 0.1) is 0 Å². The normalized spacial score (nSPS) is 10.1. The third-order valence-electron chi connectivity index (χ3n) is 1.02. The summed E-state index contributed by atoms with van der Waals surface area (Å²) in [6.07, 6.45) is 4.28. The van der Waals surface area contributed by atoms with Crippen LogP contribution in [0.5, 0.6) is 0 Å². The summed E-state index contributed by atoms with van der Waals surface area (Å²) in [5, 5.41) is 17.2. The monoisotopic (exact) mass is 244 g/mol. The van der Waals surface area contributed by atoms with Crippen molar-refractivity contribution in [2.75, 3.05) is 14.1 Å². The van der Waals surface area contributed by atoms with Crippen LogP contribution >= 0.6 is 0 Å². The Hall–Kier alpha value is -2.15. The minimum Gasteiger partial charge on any atom is -0.478 e. The van der Waals surface area contributed by atoms with Crippen LogP contribution < -0.4 is 5.43 Å². The van der Waals surface area contributed by atoms with Gasteiger partial charge in [0, 0.05) is 26.2 Å². The molecule has 7 nitrogen and oxygen atoms in total. The number of carboxylic acids is 2. The molecule has 0 spiro atoms. The number of nitrogens with one attached hydrogen (secondary N) is 1. The molecule has 0 aromatic carbocycles. The van der Waals surface area contributed by atoms with E-state index in [1.54, 1.807) is 32.1 Å². The van der Waals surface area contributed by atoms with Gasteiger partial charge in [-0.3, -0.25) is 10.2 Å². The van der Waals surface area contributed by atoms with Crippen molar-refractivity contribution in [2.24, 2.45) is 0 Å². The number of hydrazine groups is 1. The summed E-state index contributed by atoms with van der Waals surface area (Å²) in [7, 11) is 3.53. The maximum Gasteiger partial charge on any atom is 0.328 e. The number of rotatable bonds is 4. The van der Waals surface area contributed by atoms with Gasteiger partial charge in [-0.15, -0.1) is 0 Å². The topological polar surface area (TPSA) is 107 Å². The number of carbonyl (C=O) groups excluding carboxylic acids is 1. The molecule has 0 saturated heterocycles. The summed E-state index contributed by atoms with van der Waals surface area (Å²) in [5.74, 6) is -2.61. The molecule has 0 heterocycles. The van der Waals surface area contributed by atoms with Crippen LogP contribution in [-0.2, 0) is 14.4 Å². The van der Waals surface area contributed by atoms with Crippen LogP contribution in [-0.4, -0.2) is 47.2 Å². The Kier molecular flexibility index (Phi) is 10.5. The fraction of sp³-hybridized carbons (Fsp3) is 0.300. The predicted octanol–water partition coefficient (Wildman–Crippen LogP) is -0.133. The van der Waals surface area contributed by atoms with Gasteiger partial charge in [0.1, 0.15) is 0 Å². The van der Waals surface area contributed by atoms with E-state index in [2.05, 4.69) is 5.43 Å². The Morgan fingerprint density at radius 1 is 1.00 bits per heavy atom. The molecule has 0 unspecified atom stereocenters. The van der Waals surface area contributed by atoms with Gasteiger partial charge in [0.2, 0.25) is 0 Å². The van der Waals surface area contributed by atoms with Crippen LogP contribution in [0.25, 0.3) is 0 Å². The maximum absolute atomic E-state index is 10.6. The van der Waals surface area contributed by atoms with E-state index in [-0.39, 0.29) is 5.91 Å². The van der Waals surface area contributed by atoms with E-state index >= 15 is 0 Å². The lowest BCUT2D eigenvalue weighted by Gasteiger charge is -2.08. The molecule has 17 heavy (non-hydrogen) atoms. The molecular formula is C10H16N2O5. The Morgan fingerprint density at radius 3 is 1.65 bits per heavy atom. The van der Waals surface area contributed by atoms with E-state index < -0.39 is 11.9 Å². The molecule has 0 radical (unpaired) electrons. The van der Waals surface area contributed by atoms with Crippen molar-refractivity contribution >= 4 is 17.8 Å². The molecule has 0 rings (SSSR count). The van der Waals surface area contributed by atoms with E-state index in [1.807, 2.05) is 0 Å². The molecule has 0 aromatic heterocycles. The van der Waals surface area contributed by atoms with Gasteiger partial charge in [-0.1, -0.05) is 6.08 Å². The SMILES string of the molecule is CC=CC(=O)NN(C)C.O=C(O)C=CC(=O)O. The second-order valence-electron chi connectivity index (χ2n) is 2.88. The molecule has 0 aliphatic carbocycles. The molecule has 96 valence electrons. The quantitative estimate of drug-likeness (QED) is 0.469. The zero-order chi connectivity index (χ0) is 13.8. The molecule has 0 aromatic rings. The minimum absolute atomic E-state index is 0.0949. The summed E-state index contributed by atoms with van der Waals surface area (Å²) >= 11 is 0. The molecule has 0 fully saturated rings. The van der Waals surface area contributed by atoms with Gasteiger partial charge in [-0.2, -0.15) is 0 Å². The van der Waals surface area contributed by atoms with Crippen molar-refractivity contribution in [1.29, 1.82) is 0 Å². The first-order chi connectivity index (χ1) is 7.79. The number of allylic oxidation sites excluding steroid dienone is 1. The van der Waals surface area contributed by atoms with E-state index in [1.165, 1.54) is 6.08 Å². The molecule has 3 N–H and O–H groups in total. The van der Waals surface area contributed by atoms with Crippen molar-refractivity contribution in [3.8, 4) is 0 Å². The van der Waals surface area contributed by atoms with E-state index in [9.17, 15) is 14.4 Å². The van der Waals surface area contributed by atoms with Gasteiger partial charge in [-0.25, -0.2) is 14.6 Å². The zero-order valence-corrected chi connectivity index (χ0v) is 9.88. The number of aliphatic carboxylic acids is 2. The number of hydrogen-bond acceptors (Lipinski definition) is 4. The average molecular weight is 244 g/mol. The van der Waals surface area contributed by atoms with Gasteiger partial charge in [0.15, 0.2) is 0 Å². The zero-order valence-electron chi connectivity index (χ0n) is 9.88. The fourth-order valence-electron chi connectivity index (χ4n) is 0.552. The Labute approximate surface area is 99.0 Å². The van der Waals surface area contributed by atoms with E-state index in [0.717, 1.165) is 0 Å². The second-order valence-corrected chi connectivity index (χ2v) is 2.88. The smallest absolute Gasteiger partial charge is 0.328 e. The summed E-state index contributed by atoms with van der Waals surface area (Å²) in [6, 6.07) is 0. The molecule has 0 aliphatic rings. The summed E-state index contributed by atoms with van der Waals surface area (Å²) in [5.41, 5.74) is 2.55. The number of nitrogens with zero attached hydrogens (tertiary/aromatic N) is 1. The van der Waals surface area contributed by atoms with Crippen LogP contribution in [0.4, 0.5) is 0 Å². The first-order valence-corrected chi connectivity index (χ1v) is 4.54. The highest BCUT2D eigenvalue weighted by Gasteiger charge is 1.91. The van der Waals surface area contributed by atoms with Gasteiger partial charge >= 0.3 is 11.9 Å². The molecule has 1 amide bonds. The standard InChI is InChI=1S/C6H12N2O.C4H4O4/c1-4-5-6(9)7-8(2)3;5-3(6)1-2-4(7)8/h4-5H,1-3H3,(H,7,9);1-2H,(H,5,6)(H,7,8). The number of hydrogen-bond donors (Lipinski definition) is 3. The van der Waals surface area contributed by atoms with Crippen LogP contribution in [0.3, 0.4) is 0 Å². The largest absolute Gasteiger partial charge is 0.478 e. The van der Waals surface area contributed by atoms with Crippen LogP contribution in [0.1, 0.15) is 6.92 Å². The van der Waals surface area contributed by atoms with Crippen molar-refractivity contribution in [3.63, 3.8) is 0 Å². The minimum atomic E-state index is -1.26. The average Bonchev–Trinajstić information content (AvgIpc) is 2.14. The van der Waals surface area contributed by atoms with Gasteiger partial charge < -0.3 is 10.2 Å². The number of carboxylic acid groups (broad SMARTS) is 2. The molecule has 0 saturated carbocycles. The first kappa shape index (κ1) is 17.3. The lowest BCUT2D eigenvalue weighted by molar-refractivity contribution is -0.134. The fourth-order valence-corrected chi connectivity index (χ4v) is 0.552. The summed E-state index contributed by atoms with van der Waals surface area (Å²) in [4.78, 5) is 29.7. The highest BCUT2D eigenvalue weighted by atomic mass is 16.4. The molecule has 0 aliphatic heterocycles. The Bertz CT molecular complexity index is 305. The second kappa shape index (κ2) is 10.4. The maximum atomic E-state index is 10.6. The summed E-state index contributed by atoms with van der Waals surface area (Å²) < 4.78 is 0. The van der Waals surface area contributed by atoms with E-state index in [0.29, 0.717) is 12.2 Å². The van der Waals surface area contributed by atoms with Crippen LogP contribution in [0.2, 0.25) is 0 Å². The lowest BCUT2D eigenvalue weighted by Crippen LogP contribution is -2.34. The molecule has 0 atom stereocenters. The molecule has 0 bridgehead atoms. The molecule has 7 heteroatoms. The first-order valence-electron chi connectivity index (χ1n) is 4.54. The van der Waals surface area contributed by atoms with Crippen LogP contribution in [0.15, 0.2) is 24.3 Å². The Balaban J connectivity index is 0.